The van der Waals surface area contributed by atoms with Crippen LogP contribution in [-0.4, -0.2) is 23.1 Å². The molecule has 2 atom stereocenters. The summed E-state index contributed by atoms with van der Waals surface area (Å²) in [7, 11) is 0. The Kier molecular flexibility index (Phi) is 4.44. The first-order chi connectivity index (χ1) is 5.72. The van der Waals surface area contributed by atoms with Gasteiger partial charge < -0.3 is 5.32 Å². The van der Waals surface area contributed by atoms with Crippen molar-refractivity contribution in [1.29, 1.82) is 0 Å². The fourth-order valence-electron chi connectivity index (χ4n) is 1.16. The molecule has 1 aliphatic carbocycles. The van der Waals surface area contributed by atoms with Crippen LogP contribution in [0, 0.1) is 0 Å². The predicted molar refractivity (Wildman–Crippen MR) is 57.8 cm³/mol. The van der Waals surface area contributed by atoms with Gasteiger partial charge in [-0.15, -0.1) is 0 Å². The van der Waals surface area contributed by atoms with E-state index in [-0.39, 0.29) is 0 Å². The summed E-state index contributed by atoms with van der Waals surface area (Å²) in [6.45, 7) is 8.10. The first kappa shape index (κ1) is 10.4. The molecule has 1 aliphatic rings. The van der Waals surface area contributed by atoms with Crippen LogP contribution >= 0.6 is 11.8 Å². The monoisotopic (exact) mass is 187 g/mol. The molecule has 0 spiro atoms. The molecule has 0 aliphatic heterocycles. The Hall–Kier alpha value is 0.310. The van der Waals surface area contributed by atoms with Gasteiger partial charge in [-0.1, -0.05) is 20.8 Å². The summed E-state index contributed by atoms with van der Waals surface area (Å²) in [5, 5.41) is 5.16. The smallest absolute Gasteiger partial charge is 0.0146 e. The van der Waals surface area contributed by atoms with E-state index >= 15 is 0 Å². The first-order valence-corrected chi connectivity index (χ1v) is 6.05. The van der Waals surface area contributed by atoms with Gasteiger partial charge in [-0.25, -0.2) is 0 Å². The fraction of sp³-hybridized carbons (Fsp3) is 1.00. The van der Waals surface area contributed by atoms with E-state index in [1.54, 1.807) is 0 Å². The zero-order chi connectivity index (χ0) is 8.97. The molecule has 0 heterocycles. The summed E-state index contributed by atoms with van der Waals surface area (Å²) < 4.78 is 0. The highest BCUT2D eigenvalue weighted by molar-refractivity contribution is 8.00. The van der Waals surface area contributed by atoms with Crippen molar-refractivity contribution >= 4 is 11.8 Å². The molecule has 1 rings (SSSR count). The summed E-state index contributed by atoms with van der Waals surface area (Å²) in [5.74, 6) is 0. The molecule has 1 fully saturated rings. The minimum absolute atomic E-state index is 0.778. The summed E-state index contributed by atoms with van der Waals surface area (Å²) >= 11 is 2.11. The van der Waals surface area contributed by atoms with E-state index in [4.69, 9.17) is 0 Å². The fourth-order valence-corrected chi connectivity index (χ4v) is 2.34. The lowest BCUT2D eigenvalue weighted by molar-refractivity contribution is 0.677. The minimum atomic E-state index is 0.778. The summed E-state index contributed by atoms with van der Waals surface area (Å²) in [6, 6.07) is 0.866. The number of hydrogen-bond acceptors (Lipinski definition) is 2. The minimum Gasteiger partial charge on any atom is -0.313 e. The van der Waals surface area contributed by atoms with E-state index in [1.807, 2.05) is 0 Å². The van der Waals surface area contributed by atoms with Crippen molar-refractivity contribution in [2.45, 2.75) is 56.6 Å². The summed E-state index contributed by atoms with van der Waals surface area (Å²) in [6.07, 6.45) is 4.10. The molecule has 2 unspecified atom stereocenters. The summed E-state index contributed by atoms with van der Waals surface area (Å²) in [5.41, 5.74) is 0. The normalized spacial score (nSPS) is 22.2. The number of nitrogens with one attached hydrogen (secondary N) is 1. The molecular formula is C10H21NS. The average molecular weight is 187 g/mol. The zero-order valence-corrected chi connectivity index (χ0v) is 9.29. The number of hydrogen-bond donors (Lipinski definition) is 1. The molecule has 1 nitrogen and oxygen atoms in total. The molecule has 0 aromatic carbocycles. The van der Waals surface area contributed by atoms with Gasteiger partial charge in [-0.2, -0.15) is 11.8 Å². The third-order valence-electron chi connectivity index (χ3n) is 2.31. The topological polar surface area (TPSA) is 12.0 Å². The zero-order valence-electron chi connectivity index (χ0n) is 8.47. The van der Waals surface area contributed by atoms with Crippen LogP contribution in [0.15, 0.2) is 0 Å². The predicted octanol–water partition coefficient (Wildman–Crippen LogP) is 2.66. The van der Waals surface area contributed by atoms with Gasteiger partial charge in [0, 0.05) is 23.1 Å². The Bertz CT molecular complexity index is 123. The molecule has 1 saturated carbocycles. The first-order valence-electron chi connectivity index (χ1n) is 5.11. The largest absolute Gasteiger partial charge is 0.313 e. The second kappa shape index (κ2) is 5.13. The van der Waals surface area contributed by atoms with E-state index < -0.39 is 0 Å². The lowest BCUT2D eigenvalue weighted by Crippen LogP contribution is -2.25. The molecule has 0 aromatic heterocycles. The SMILES string of the molecule is CCC(C)SC(C)CNC1CC1. The maximum Gasteiger partial charge on any atom is 0.0146 e. The molecule has 0 amide bonds. The summed E-state index contributed by atoms with van der Waals surface area (Å²) in [4.78, 5) is 0. The lowest BCUT2D eigenvalue weighted by atomic mass is 10.4. The second-order valence-corrected chi connectivity index (χ2v) is 5.73. The van der Waals surface area contributed by atoms with Gasteiger partial charge in [0.1, 0.15) is 0 Å². The Labute approximate surface area is 80.7 Å². The van der Waals surface area contributed by atoms with Crippen molar-refractivity contribution in [3.05, 3.63) is 0 Å². The molecule has 72 valence electrons. The van der Waals surface area contributed by atoms with Gasteiger partial charge in [0.25, 0.3) is 0 Å². The molecule has 0 radical (unpaired) electrons. The Morgan fingerprint density at radius 1 is 1.33 bits per heavy atom. The molecule has 2 heteroatoms. The van der Waals surface area contributed by atoms with Crippen molar-refractivity contribution in [2.75, 3.05) is 6.54 Å². The van der Waals surface area contributed by atoms with Crippen molar-refractivity contribution in [2.24, 2.45) is 0 Å². The van der Waals surface area contributed by atoms with Gasteiger partial charge in [0.05, 0.1) is 0 Å². The maximum absolute atomic E-state index is 3.56. The average Bonchev–Trinajstić information content (AvgIpc) is 2.83. The second-order valence-electron chi connectivity index (χ2n) is 3.85. The van der Waals surface area contributed by atoms with Gasteiger partial charge in [-0.3, -0.25) is 0 Å². The van der Waals surface area contributed by atoms with E-state index in [0.717, 1.165) is 16.5 Å². The van der Waals surface area contributed by atoms with Crippen molar-refractivity contribution < 1.29 is 0 Å². The van der Waals surface area contributed by atoms with E-state index in [2.05, 4.69) is 37.8 Å². The van der Waals surface area contributed by atoms with Gasteiger partial charge >= 0.3 is 0 Å². The highest BCUT2D eigenvalue weighted by Crippen LogP contribution is 2.22. The van der Waals surface area contributed by atoms with E-state index in [0.29, 0.717) is 0 Å². The van der Waals surface area contributed by atoms with Crippen LogP contribution in [0.4, 0.5) is 0 Å². The third kappa shape index (κ3) is 4.36. The van der Waals surface area contributed by atoms with E-state index in [9.17, 15) is 0 Å². The van der Waals surface area contributed by atoms with Gasteiger partial charge in [-0.05, 0) is 19.3 Å². The quantitative estimate of drug-likeness (QED) is 0.686. The third-order valence-corrected chi connectivity index (χ3v) is 3.74. The van der Waals surface area contributed by atoms with Crippen LogP contribution < -0.4 is 5.32 Å². The highest BCUT2D eigenvalue weighted by Gasteiger charge is 2.21. The highest BCUT2D eigenvalue weighted by atomic mass is 32.2. The molecule has 12 heavy (non-hydrogen) atoms. The van der Waals surface area contributed by atoms with Crippen LogP contribution in [0.3, 0.4) is 0 Å². The van der Waals surface area contributed by atoms with Gasteiger partial charge in [0.15, 0.2) is 0 Å². The van der Waals surface area contributed by atoms with Crippen molar-refractivity contribution in [3.63, 3.8) is 0 Å². The Morgan fingerprint density at radius 2 is 2.00 bits per heavy atom. The standard InChI is InChI=1S/C10H21NS/c1-4-8(2)12-9(3)7-11-10-5-6-10/h8-11H,4-7H2,1-3H3. The van der Waals surface area contributed by atoms with Crippen LogP contribution in [0.5, 0.6) is 0 Å². The number of rotatable bonds is 6. The van der Waals surface area contributed by atoms with Crippen molar-refractivity contribution in [1.82, 2.24) is 5.32 Å². The number of thioether (sulfide) groups is 1. The molecule has 0 bridgehead atoms. The molecule has 0 aromatic rings. The molecule has 0 saturated heterocycles. The maximum atomic E-state index is 3.56. The van der Waals surface area contributed by atoms with Crippen LogP contribution in [0.1, 0.15) is 40.0 Å². The van der Waals surface area contributed by atoms with Crippen LogP contribution in [0.25, 0.3) is 0 Å². The van der Waals surface area contributed by atoms with Gasteiger partial charge in [0.2, 0.25) is 0 Å². The molecular weight excluding hydrogens is 166 g/mol. The van der Waals surface area contributed by atoms with Crippen LogP contribution in [0.2, 0.25) is 0 Å². The molecule has 1 N–H and O–H groups in total. The van der Waals surface area contributed by atoms with Crippen LogP contribution in [-0.2, 0) is 0 Å². The van der Waals surface area contributed by atoms with Crippen molar-refractivity contribution in [3.8, 4) is 0 Å². The van der Waals surface area contributed by atoms with E-state index in [1.165, 1.54) is 25.8 Å². The Balaban J connectivity index is 1.97. The Morgan fingerprint density at radius 3 is 2.50 bits per heavy atom. The lowest BCUT2D eigenvalue weighted by Gasteiger charge is -2.15.